The van der Waals surface area contributed by atoms with Gasteiger partial charge in [0.25, 0.3) is 5.91 Å². The van der Waals surface area contributed by atoms with E-state index in [4.69, 9.17) is 4.74 Å². The summed E-state index contributed by atoms with van der Waals surface area (Å²) >= 11 is 0. The molecule has 1 aliphatic heterocycles. The highest BCUT2D eigenvalue weighted by Crippen LogP contribution is 2.26. The summed E-state index contributed by atoms with van der Waals surface area (Å²) < 4.78 is 7.31. The number of aromatic nitrogens is 1. The monoisotopic (exact) mass is 439 g/mol. The largest absolute Gasteiger partial charge is 0.497 e. The summed E-state index contributed by atoms with van der Waals surface area (Å²) in [4.78, 5) is 39.4. The molecular weight excluding hydrogens is 406 g/mol. The van der Waals surface area contributed by atoms with E-state index >= 15 is 0 Å². The second kappa shape index (κ2) is 9.18. The predicted molar refractivity (Wildman–Crippen MR) is 123 cm³/mol. The molecule has 0 radical (unpaired) electrons. The molecule has 1 atom stereocenters. The zero-order valence-corrected chi connectivity index (χ0v) is 19.8. The average Bonchev–Trinajstić information content (AvgIpc) is 3.13. The van der Waals surface area contributed by atoms with Crippen molar-refractivity contribution in [2.24, 2.45) is 5.92 Å². The van der Waals surface area contributed by atoms with Crippen molar-refractivity contribution in [3.63, 3.8) is 0 Å². The van der Waals surface area contributed by atoms with Gasteiger partial charge in [-0.15, -0.1) is 0 Å². The van der Waals surface area contributed by atoms with E-state index in [1.807, 2.05) is 58.0 Å². The Kier molecular flexibility index (Phi) is 6.77. The van der Waals surface area contributed by atoms with Crippen LogP contribution in [0.25, 0.3) is 0 Å². The summed E-state index contributed by atoms with van der Waals surface area (Å²) in [7, 11) is 1.64. The van der Waals surface area contributed by atoms with Gasteiger partial charge in [-0.3, -0.25) is 14.5 Å². The van der Waals surface area contributed by atoms with Gasteiger partial charge in [-0.1, -0.05) is 26.0 Å². The first-order valence-electron chi connectivity index (χ1n) is 11.0. The Hall–Kier alpha value is -3.09. The summed E-state index contributed by atoms with van der Waals surface area (Å²) in [5.41, 5.74) is 2.59. The van der Waals surface area contributed by atoms with Crippen LogP contribution in [0.5, 0.6) is 5.75 Å². The third-order valence-electron chi connectivity index (χ3n) is 6.12. The molecule has 0 bridgehead atoms. The number of urea groups is 1. The fraction of sp³-hybridized carbons (Fsp3) is 0.480. The van der Waals surface area contributed by atoms with Gasteiger partial charge in [0.1, 0.15) is 11.3 Å². The van der Waals surface area contributed by atoms with Crippen molar-refractivity contribution in [3.8, 4) is 5.75 Å². The molecule has 172 valence electrons. The summed E-state index contributed by atoms with van der Waals surface area (Å²) in [5, 5.41) is 2.77. The van der Waals surface area contributed by atoms with Gasteiger partial charge in [0.05, 0.1) is 13.7 Å². The van der Waals surface area contributed by atoms with Gasteiger partial charge in [-0.05, 0) is 63.3 Å². The smallest absolute Gasteiger partial charge is 0.325 e. The van der Waals surface area contributed by atoms with E-state index < -0.39 is 11.6 Å². The molecule has 1 aliphatic rings. The van der Waals surface area contributed by atoms with Gasteiger partial charge in [0.2, 0.25) is 0 Å². The number of Topliss-reactive ketones (excluding diaryl/α,β-unsaturated/α-hetero) is 1. The summed E-state index contributed by atoms with van der Waals surface area (Å²) in [6.45, 7) is 10.1. The number of nitrogens with one attached hydrogen (secondary N) is 1. The maximum atomic E-state index is 13.1. The lowest BCUT2D eigenvalue weighted by atomic mass is 9.91. The molecule has 0 aliphatic carbocycles. The average molecular weight is 440 g/mol. The van der Waals surface area contributed by atoms with E-state index in [1.165, 1.54) is 5.56 Å². The van der Waals surface area contributed by atoms with E-state index in [2.05, 4.69) is 9.88 Å². The molecule has 7 heteroatoms. The second-order valence-corrected chi connectivity index (χ2v) is 9.21. The van der Waals surface area contributed by atoms with E-state index in [0.29, 0.717) is 12.0 Å². The fourth-order valence-electron chi connectivity index (χ4n) is 4.53. The van der Waals surface area contributed by atoms with Gasteiger partial charge in [-0.2, -0.15) is 0 Å². The number of amides is 3. The Morgan fingerprint density at radius 2 is 1.81 bits per heavy atom. The van der Waals surface area contributed by atoms with Crippen molar-refractivity contribution in [2.75, 3.05) is 13.7 Å². The summed E-state index contributed by atoms with van der Waals surface area (Å²) in [6, 6.07) is 9.28. The molecule has 0 saturated carbocycles. The number of methoxy groups -OCH3 is 1. The highest BCUT2D eigenvalue weighted by molar-refractivity contribution is 6.11. The molecule has 1 aromatic heterocycles. The third-order valence-corrected chi connectivity index (χ3v) is 6.12. The number of rotatable bonds is 9. The standard InChI is InChI=1S/C25H33N3O4/c1-16(2)14-25(5)23(30)28(24(31)26-25)15-22(29)21-13-17(3)27(18(21)4)12-11-19-7-9-20(32-6)10-8-19/h7-10,13,16H,11-12,14-15H2,1-6H3,(H,26,31). The maximum Gasteiger partial charge on any atom is 0.325 e. The maximum absolute atomic E-state index is 13.1. The molecule has 1 aromatic carbocycles. The van der Waals surface area contributed by atoms with Gasteiger partial charge in [0.15, 0.2) is 5.78 Å². The number of nitrogens with zero attached hydrogens (tertiary/aromatic N) is 2. The van der Waals surface area contributed by atoms with Crippen molar-refractivity contribution < 1.29 is 19.1 Å². The lowest BCUT2D eigenvalue weighted by Crippen LogP contribution is -2.45. The van der Waals surface area contributed by atoms with Crippen LogP contribution in [0.3, 0.4) is 0 Å². The van der Waals surface area contributed by atoms with Crippen LogP contribution in [0.4, 0.5) is 4.79 Å². The molecule has 2 heterocycles. The number of hydrogen-bond acceptors (Lipinski definition) is 4. The Labute approximate surface area is 189 Å². The molecule has 1 N–H and O–H groups in total. The first-order chi connectivity index (χ1) is 15.1. The Balaban J connectivity index is 1.71. The van der Waals surface area contributed by atoms with Gasteiger partial charge >= 0.3 is 6.03 Å². The first kappa shape index (κ1) is 23.6. The lowest BCUT2D eigenvalue weighted by molar-refractivity contribution is -0.131. The number of ether oxygens (including phenoxy) is 1. The van der Waals surface area contributed by atoms with Crippen LogP contribution in [0.2, 0.25) is 0 Å². The minimum Gasteiger partial charge on any atom is -0.497 e. The minimum atomic E-state index is -0.958. The van der Waals surface area contributed by atoms with Crippen molar-refractivity contribution in [1.82, 2.24) is 14.8 Å². The number of hydrogen-bond donors (Lipinski definition) is 1. The van der Waals surface area contributed by atoms with Crippen molar-refractivity contribution in [2.45, 2.75) is 59.5 Å². The van der Waals surface area contributed by atoms with Gasteiger partial charge in [0, 0.05) is 23.5 Å². The molecule has 1 fully saturated rings. The number of carbonyl (C=O) groups is 3. The van der Waals surface area contributed by atoms with Gasteiger partial charge < -0.3 is 14.6 Å². The quantitative estimate of drug-likeness (QED) is 0.475. The zero-order chi connectivity index (χ0) is 23.6. The molecule has 7 nitrogen and oxygen atoms in total. The molecule has 2 aromatic rings. The number of carbonyl (C=O) groups excluding carboxylic acids is 3. The molecule has 1 unspecified atom stereocenters. The number of imide groups is 1. The highest BCUT2D eigenvalue weighted by Gasteiger charge is 2.48. The highest BCUT2D eigenvalue weighted by atomic mass is 16.5. The number of ketones is 1. The first-order valence-corrected chi connectivity index (χ1v) is 11.0. The molecular formula is C25H33N3O4. The summed E-state index contributed by atoms with van der Waals surface area (Å²) in [6.07, 6.45) is 1.34. The Morgan fingerprint density at radius 1 is 1.16 bits per heavy atom. The molecule has 3 amide bonds. The minimum absolute atomic E-state index is 0.230. The lowest BCUT2D eigenvalue weighted by Gasteiger charge is -2.23. The zero-order valence-electron chi connectivity index (χ0n) is 19.8. The van der Waals surface area contributed by atoms with Crippen LogP contribution < -0.4 is 10.1 Å². The van der Waals surface area contributed by atoms with Crippen LogP contribution in [-0.4, -0.2) is 46.4 Å². The van der Waals surface area contributed by atoms with E-state index in [0.717, 1.165) is 35.0 Å². The second-order valence-electron chi connectivity index (χ2n) is 9.21. The SMILES string of the molecule is COc1ccc(CCn2c(C)cc(C(=O)CN3C(=O)NC(C)(CC(C)C)C3=O)c2C)cc1. The molecule has 3 rings (SSSR count). The van der Waals surface area contributed by atoms with Crippen LogP contribution in [0.1, 0.15) is 54.5 Å². The van der Waals surface area contributed by atoms with Crippen molar-refractivity contribution >= 4 is 17.7 Å². The Morgan fingerprint density at radius 3 is 2.41 bits per heavy atom. The number of aryl methyl sites for hydroxylation is 2. The van der Waals surface area contributed by atoms with Crippen LogP contribution in [0, 0.1) is 19.8 Å². The third kappa shape index (κ3) is 4.71. The normalized spacial score (nSPS) is 18.4. The topological polar surface area (TPSA) is 80.6 Å². The van der Waals surface area contributed by atoms with Crippen molar-refractivity contribution in [3.05, 3.63) is 52.8 Å². The summed E-state index contributed by atoms with van der Waals surface area (Å²) in [5.74, 6) is 0.494. The van der Waals surface area contributed by atoms with E-state index in [9.17, 15) is 14.4 Å². The van der Waals surface area contributed by atoms with Crippen LogP contribution in [0.15, 0.2) is 30.3 Å². The molecule has 1 saturated heterocycles. The van der Waals surface area contributed by atoms with Crippen LogP contribution >= 0.6 is 0 Å². The predicted octanol–water partition coefficient (Wildman–Crippen LogP) is 3.90. The van der Waals surface area contributed by atoms with Crippen LogP contribution in [-0.2, 0) is 17.8 Å². The van der Waals surface area contributed by atoms with E-state index in [-0.39, 0.29) is 24.2 Å². The molecule has 32 heavy (non-hydrogen) atoms. The van der Waals surface area contributed by atoms with Gasteiger partial charge in [-0.25, -0.2) is 4.79 Å². The Bertz CT molecular complexity index is 1020. The van der Waals surface area contributed by atoms with E-state index in [1.54, 1.807) is 14.0 Å². The molecule has 0 spiro atoms. The van der Waals surface area contributed by atoms with Crippen molar-refractivity contribution in [1.29, 1.82) is 0 Å². The fourth-order valence-corrected chi connectivity index (χ4v) is 4.53. The number of benzene rings is 1.